The summed E-state index contributed by atoms with van der Waals surface area (Å²) in [4.78, 5) is 0. The van der Waals surface area contributed by atoms with Crippen LogP contribution in [0.4, 0.5) is 0 Å². The van der Waals surface area contributed by atoms with Gasteiger partial charge in [-0.3, -0.25) is 0 Å². The topological polar surface area (TPSA) is 0 Å². The van der Waals surface area contributed by atoms with Crippen molar-refractivity contribution in [3.05, 3.63) is 82.9 Å². The summed E-state index contributed by atoms with van der Waals surface area (Å²) in [5.41, 5.74) is 1.62. The molecule has 0 N–H and O–H groups in total. The molecule has 1 fully saturated rings. The van der Waals surface area contributed by atoms with Gasteiger partial charge in [-0.1, -0.05) is 83.6 Å². The van der Waals surface area contributed by atoms with Crippen LogP contribution < -0.4 is 0 Å². The molecule has 0 aliphatic heterocycles. The summed E-state index contributed by atoms with van der Waals surface area (Å²) in [6.45, 7) is 2.45. The summed E-state index contributed by atoms with van der Waals surface area (Å²) in [5, 5.41) is 0. The fourth-order valence-corrected chi connectivity index (χ4v) is 4.86. The Balaban J connectivity index is 1.87. The lowest BCUT2D eigenvalue weighted by molar-refractivity contribution is 0.328. The number of rotatable bonds is 1. The Bertz CT molecular complexity index is 626. The molecule has 1 aromatic carbocycles. The van der Waals surface area contributed by atoms with Crippen LogP contribution >= 0.6 is 15.9 Å². The highest BCUT2D eigenvalue weighted by Crippen LogP contribution is 2.59. The summed E-state index contributed by atoms with van der Waals surface area (Å²) in [6.07, 6.45) is 18.6. The second-order valence-electron chi connectivity index (χ2n) is 6.54. The third kappa shape index (κ3) is 1.87. The zero-order valence-corrected chi connectivity index (χ0v) is 13.7. The quantitative estimate of drug-likeness (QED) is 0.639. The van der Waals surface area contributed by atoms with Gasteiger partial charge in [-0.05, 0) is 41.4 Å². The Morgan fingerprint density at radius 1 is 0.762 bits per heavy atom. The Morgan fingerprint density at radius 3 is 1.76 bits per heavy atom. The van der Waals surface area contributed by atoms with Gasteiger partial charge in [-0.15, -0.1) is 0 Å². The monoisotopic (exact) mass is 338 g/mol. The van der Waals surface area contributed by atoms with E-state index >= 15 is 0 Å². The smallest absolute Gasteiger partial charge is 0.0175 e. The van der Waals surface area contributed by atoms with E-state index in [1.165, 1.54) is 5.56 Å². The molecule has 4 rings (SSSR count). The lowest BCUT2D eigenvalue weighted by atomic mass is 9.66. The molecule has 0 bridgehead atoms. The summed E-state index contributed by atoms with van der Waals surface area (Å²) in [6, 6.07) is 8.94. The molecule has 1 heteroatoms. The Labute approximate surface area is 135 Å². The maximum atomic E-state index is 3.56. The standard InChI is InChI=1S/C20H19Br/c1-20(14-10-12-15(21)13-11-14)18-8-4-2-6-16(18)17-7-3-5-9-19(17)20/h2-13,16-19H,1H3. The van der Waals surface area contributed by atoms with E-state index in [0.29, 0.717) is 23.7 Å². The largest absolute Gasteiger partial charge is 0.0802 e. The lowest BCUT2D eigenvalue weighted by Crippen LogP contribution is -2.34. The lowest BCUT2D eigenvalue weighted by Gasteiger charge is -2.37. The number of allylic oxidation sites excluding steroid dienone is 8. The zero-order valence-electron chi connectivity index (χ0n) is 12.1. The van der Waals surface area contributed by atoms with Gasteiger partial charge in [0.25, 0.3) is 0 Å². The third-order valence-corrected chi connectivity index (χ3v) is 6.18. The summed E-state index contributed by atoms with van der Waals surface area (Å²) in [5.74, 6) is 2.39. The molecule has 0 radical (unpaired) electrons. The van der Waals surface area contributed by atoms with E-state index in [4.69, 9.17) is 0 Å². The van der Waals surface area contributed by atoms with Crippen LogP contribution in [-0.4, -0.2) is 0 Å². The van der Waals surface area contributed by atoms with Crippen LogP contribution in [0.25, 0.3) is 0 Å². The number of hydrogen-bond acceptors (Lipinski definition) is 0. The van der Waals surface area contributed by atoms with Gasteiger partial charge in [0.2, 0.25) is 0 Å². The van der Waals surface area contributed by atoms with E-state index in [2.05, 4.69) is 95.7 Å². The van der Waals surface area contributed by atoms with Crippen molar-refractivity contribution in [1.29, 1.82) is 0 Å². The van der Waals surface area contributed by atoms with Crippen LogP contribution in [0.1, 0.15) is 12.5 Å². The first-order valence-electron chi connectivity index (χ1n) is 7.67. The molecule has 0 aromatic heterocycles. The first-order valence-corrected chi connectivity index (χ1v) is 8.46. The Morgan fingerprint density at radius 2 is 1.24 bits per heavy atom. The van der Waals surface area contributed by atoms with Crippen molar-refractivity contribution in [3.8, 4) is 0 Å². The van der Waals surface area contributed by atoms with Crippen molar-refractivity contribution in [1.82, 2.24) is 0 Å². The van der Waals surface area contributed by atoms with E-state index in [1.807, 2.05) is 0 Å². The van der Waals surface area contributed by atoms with Crippen molar-refractivity contribution in [3.63, 3.8) is 0 Å². The normalized spacial score (nSPS) is 39.3. The second kappa shape index (κ2) is 4.84. The number of benzene rings is 1. The van der Waals surface area contributed by atoms with Crippen molar-refractivity contribution in [2.45, 2.75) is 12.3 Å². The van der Waals surface area contributed by atoms with Gasteiger partial charge in [-0.2, -0.15) is 0 Å². The fraction of sp³-hybridized carbons (Fsp3) is 0.300. The number of fused-ring (bicyclic) bond motifs is 3. The van der Waals surface area contributed by atoms with Gasteiger partial charge >= 0.3 is 0 Å². The van der Waals surface area contributed by atoms with E-state index in [-0.39, 0.29) is 5.41 Å². The molecule has 3 aliphatic rings. The molecule has 106 valence electrons. The van der Waals surface area contributed by atoms with Gasteiger partial charge in [0.15, 0.2) is 0 Å². The van der Waals surface area contributed by atoms with E-state index in [9.17, 15) is 0 Å². The highest BCUT2D eigenvalue weighted by atomic mass is 79.9. The van der Waals surface area contributed by atoms with Gasteiger partial charge in [0.1, 0.15) is 0 Å². The molecule has 1 aromatic rings. The summed E-state index contributed by atoms with van der Waals surface area (Å²) < 4.78 is 1.15. The maximum Gasteiger partial charge on any atom is 0.0175 e. The average Bonchev–Trinajstić information content (AvgIpc) is 2.80. The van der Waals surface area contributed by atoms with Crippen LogP contribution in [0.3, 0.4) is 0 Å². The predicted molar refractivity (Wildman–Crippen MR) is 92.0 cm³/mol. The van der Waals surface area contributed by atoms with Crippen molar-refractivity contribution in [2.24, 2.45) is 23.7 Å². The minimum atomic E-state index is 0.165. The predicted octanol–water partition coefficient (Wildman–Crippen LogP) is 5.44. The van der Waals surface area contributed by atoms with Gasteiger partial charge in [-0.25, -0.2) is 0 Å². The molecular weight excluding hydrogens is 320 g/mol. The van der Waals surface area contributed by atoms with Gasteiger partial charge in [0, 0.05) is 9.89 Å². The van der Waals surface area contributed by atoms with Crippen LogP contribution in [0.15, 0.2) is 77.3 Å². The van der Waals surface area contributed by atoms with Crippen molar-refractivity contribution in [2.75, 3.05) is 0 Å². The third-order valence-electron chi connectivity index (χ3n) is 5.65. The Hall–Kier alpha value is -1.34. The van der Waals surface area contributed by atoms with Crippen LogP contribution in [0.2, 0.25) is 0 Å². The highest BCUT2D eigenvalue weighted by molar-refractivity contribution is 9.10. The van der Waals surface area contributed by atoms with Crippen molar-refractivity contribution >= 4 is 15.9 Å². The molecule has 4 unspecified atom stereocenters. The minimum absolute atomic E-state index is 0.165. The fourth-order valence-electron chi connectivity index (χ4n) is 4.60. The number of hydrogen-bond donors (Lipinski definition) is 0. The average molecular weight is 339 g/mol. The van der Waals surface area contributed by atoms with E-state index in [0.717, 1.165) is 4.47 Å². The van der Waals surface area contributed by atoms with Crippen molar-refractivity contribution < 1.29 is 0 Å². The van der Waals surface area contributed by atoms with Gasteiger partial charge < -0.3 is 0 Å². The van der Waals surface area contributed by atoms with Crippen LogP contribution in [-0.2, 0) is 5.41 Å². The first-order chi connectivity index (χ1) is 10.2. The molecule has 0 amide bonds. The molecule has 4 atom stereocenters. The van der Waals surface area contributed by atoms with Gasteiger partial charge in [0.05, 0.1) is 0 Å². The first kappa shape index (κ1) is 13.3. The molecule has 21 heavy (non-hydrogen) atoms. The highest BCUT2D eigenvalue weighted by Gasteiger charge is 2.55. The van der Waals surface area contributed by atoms with E-state index in [1.54, 1.807) is 0 Å². The maximum absolute atomic E-state index is 3.56. The summed E-state index contributed by atoms with van der Waals surface area (Å²) in [7, 11) is 0. The number of halogens is 1. The molecule has 0 saturated heterocycles. The molecule has 0 nitrogen and oxygen atoms in total. The molecule has 0 heterocycles. The summed E-state index contributed by atoms with van der Waals surface area (Å²) >= 11 is 3.56. The minimum Gasteiger partial charge on any atom is -0.0802 e. The van der Waals surface area contributed by atoms with Crippen LogP contribution in [0, 0.1) is 23.7 Å². The zero-order chi connectivity index (χ0) is 14.4. The van der Waals surface area contributed by atoms with E-state index < -0.39 is 0 Å². The molecule has 3 aliphatic carbocycles. The molecule has 0 spiro atoms. The second-order valence-corrected chi connectivity index (χ2v) is 7.45. The van der Waals surface area contributed by atoms with Crippen LogP contribution in [0.5, 0.6) is 0 Å². The Kier molecular flexibility index (Phi) is 3.08. The SMILES string of the molecule is CC1(c2ccc(Br)cc2)C2C=CC=CC2C2C=CC=CC21. The molecule has 1 saturated carbocycles. The molecular formula is C20H19Br.